The molecule has 1 aliphatic rings. The van der Waals surface area contributed by atoms with Gasteiger partial charge in [0.05, 0.1) is 6.54 Å². The molecular weight excluding hydrogens is 499 g/mol. The van der Waals surface area contributed by atoms with Gasteiger partial charge in [0.25, 0.3) is 0 Å². The summed E-state index contributed by atoms with van der Waals surface area (Å²) in [6.07, 6.45) is 1.46. The largest absolute Gasteiger partial charge is 0.337 e. The maximum atomic E-state index is 14.1. The molecule has 0 spiro atoms. The van der Waals surface area contributed by atoms with E-state index in [0.29, 0.717) is 28.8 Å². The van der Waals surface area contributed by atoms with Gasteiger partial charge in [-0.3, -0.25) is 9.69 Å². The number of hydrogen-bond acceptors (Lipinski definition) is 5. The summed E-state index contributed by atoms with van der Waals surface area (Å²) in [6, 6.07) is 12.4. The fraction of sp³-hybridized carbons (Fsp3) is 0.348. The van der Waals surface area contributed by atoms with Crippen LogP contribution in [0.4, 0.5) is 4.39 Å². The average molecular weight is 522 g/mol. The monoisotopic (exact) mass is 520 g/mol. The Morgan fingerprint density at radius 3 is 2.78 bits per heavy atom. The first kappa shape index (κ1) is 22.9. The fourth-order valence-corrected chi connectivity index (χ4v) is 4.44. The maximum Gasteiger partial charge on any atom is 0.246 e. The Morgan fingerprint density at radius 2 is 2.06 bits per heavy atom. The molecule has 4 rings (SSSR count). The second-order valence-corrected chi connectivity index (χ2v) is 9.35. The van der Waals surface area contributed by atoms with Crippen LogP contribution >= 0.6 is 27.5 Å². The van der Waals surface area contributed by atoms with E-state index in [4.69, 9.17) is 16.1 Å². The van der Waals surface area contributed by atoms with Crippen molar-refractivity contribution in [2.75, 3.05) is 20.1 Å². The van der Waals surface area contributed by atoms with Crippen molar-refractivity contribution in [1.82, 2.24) is 19.9 Å². The quantitative estimate of drug-likeness (QED) is 0.448. The molecule has 1 amide bonds. The molecule has 168 valence electrons. The van der Waals surface area contributed by atoms with Gasteiger partial charge in [-0.15, -0.1) is 0 Å². The highest BCUT2D eigenvalue weighted by Crippen LogP contribution is 2.24. The Balaban J connectivity index is 1.29. The molecular formula is C23H23BrClFN4O2. The number of carbonyl (C=O) groups is 1. The number of benzene rings is 2. The van der Waals surface area contributed by atoms with Crippen molar-refractivity contribution in [2.24, 2.45) is 5.92 Å². The molecule has 0 saturated carbocycles. The predicted octanol–water partition coefficient (Wildman–Crippen LogP) is 5.16. The molecule has 0 atom stereocenters. The van der Waals surface area contributed by atoms with Crippen LogP contribution in [-0.4, -0.2) is 46.0 Å². The summed E-state index contributed by atoms with van der Waals surface area (Å²) in [5.74, 6) is 0.580. The van der Waals surface area contributed by atoms with Gasteiger partial charge in [0.1, 0.15) is 5.82 Å². The summed E-state index contributed by atoms with van der Waals surface area (Å²) in [7, 11) is 1.75. The van der Waals surface area contributed by atoms with E-state index in [-0.39, 0.29) is 24.2 Å². The van der Waals surface area contributed by atoms with Crippen molar-refractivity contribution in [3.63, 3.8) is 0 Å². The molecule has 0 bridgehead atoms. The van der Waals surface area contributed by atoms with E-state index in [1.807, 2.05) is 24.3 Å². The number of aromatic nitrogens is 2. The first-order valence-electron chi connectivity index (χ1n) is 10.4. The highest BCUT2D eigenvalue weighted by Gasteiger charge is 2.28. The first-order chi connectivity index (χ1) is 15.4. The van der Waals surface area contributed by atoms with E-state index in [2.05, 4.69) is 31.0 Å². The van der Waals surface area contributed by atoms with E-state index in [9.17, 15) is 9.18 Å². The summed E-state index contributed by atoms with van der Waals surface area (Å²) in [6.45, 7) is 2.25. The number of piperidine rings is 1. The number of likely N-dealkylation sites (tertiary alicyclic amines) is 1. The zero-order chi connectivity index (χ0) is 22.7. The predicted molar refractivity (Wildman–Crippen MR) is 123 cm³/mol. The summed E-state index contributed by atoms with van der Waals surface area (Å²) >= 11 is 9.26. The Kier molecular flexibility index (Phi) is 7.23. The van der Waals surface area contributed by atoms with Gasteiger partial charge in [-0.25, -0.2) is 4.39 Å². The van der Waals surface area contributed by atoms with Crippen molar-refractivity contribution in [3.05, 3.63) is 69.2 Å². The standard InChI is InChI=1S/C23H23BrClFN4O2/c1-29(14-21-27-22(28-32-21)16-3-2-4-18(24)11-16)23(31)15-7-9-30(10-8-15)13-17-5-6-19(25)12-20(17)26/h2-6,11-12,15H,7-10,13-14H2,1H3. The molecule has 6 nitrogen and oxygen atoms in total. The lowest BCUT2D eigenvalue weighted by atomic mass is 9.95. The molecule has 1 aliphatic heterocycles. The van der Waals surface area contributed by atoms with Gasteiger partial charge < -0.3 is 9.42 Å². The van der Waals surface area contributed by atoms with Crippen molar-refractivity contribution in [3.8, 4) is 11.4 Å². The van der Waals surface area contributed by atoms with Crippen molar-refractivity contribution >= 4 is 33.4 Å². The molecule has 1 aromatic heterocycles. The molecule has 3 aromatic rings. The maximum absolute atomic E-state index is 14.1. The molecule has 0 radical (unpaired) electrons. The zero-order valence-corrected chi connectivity index (χ0v) is 19.9. The van der Waals surface area contributed by atoms with E-state index < -0.39 is 0 Å². The molecule has 0 N–H and O–H groups in total. The molecule has 9 heteroatoms. The number of rotatable bonds is 6. The van der Waals surface area contributed by atoms with Crippen LogP contribution < -0.4 is 0 Å². The minimum absolute atomic E-state index is 0.0597. The minimum Gasteiger partial charge on any atom is -0.337 e. The van der Waals surface area contributed by atoms with Gasteiger partial charge in [0, 0.05) is 40.1 Å². The van der Waals surface area contributed by atoms with E-state index >= 15 is 0 Å². The van der Waals surface area contributed by atoms with Crippen LogP contribution in [0.1, 0.15) is 24.3 Å². The van der Waals surface area contributed by atoms with Gasteiger partial charge in [0.2, 0.25) is 17.6 Å². The summed E-state index contributed by atoms with van der Waals surface area (Å²) in [5.41, 5.74) is 1.46. The highest BCUT2D eigenvalue weighted by atomic mass is 79.9. The summed E-state index contributed by atoms with van der Waals surface area (Å²) in [5, 5.41) is 4.42. The van der Waals surface area contributed by atoms with Crippen LogP contribution in [0.25, 0.3) is 11.4 Å². The molecule has 1 saturated heterocycles. The normalized spacial score (nSPS) is 15.1. The lowest BCUT2D eigenvalue weighted by Crippen LogP contribution is -2.40. The Labute approximate surface area is 199 Å². The number of halogens is 3. The number of amides is 1. The third-order valence-corrected chi connectivity index (χ3v) is 6.37. The van der Waals surface area contributed by atoms with Gasteiger partial charge in [-0.1, -0.05) is 50.9 Å². The SMILES string of the molecule is CN(Cc1nc(-c2cccc(Br)c2)no1)C(=O)C1CCN(Cc2ccc(Cl)cc2F)CC1. The van der Waals surface area contributed by atoms with Crippen LogP contribution in [0.5, 0.6) is 0 Å². The molecule has 2 aromatic carbocycles. The second kappa shape index (κ2) is 10.1. The van der Waals surface area contributed by atoms with Crippen LogP contribution in [0.2, 0.25) is 5.02 Å². The highest BCUT2D eigenvalue weighted by molar-refractivity contribution is 9.10. The number of hydrogen-bond donors (Lipinski definition) is 0. The van der Waals surface area contributed by atoms with Crippen molar-refractivity contribution < 1.29 is 13.7 Å². The van der Waals surface area contributed by atoms with Crippen LogP contribution in [0.3, 0.4) is 0 Å². The lowest BCUT2D eigenvalue weighted by Gasteiger charge is -2.33. The van der Waals surface area contributed by atoms with Gasteiger partial charge in [-0.05, 0) is 50.2 Å². The zero-order valence-electron chi connectivity index (χ0n) is 17.6. The fourth-order valence-electron chi connectivity index (χ4n) is 3.89. The number of nitrogens with zero attached hydrogens (tertiary/aromatic N) is 4. The molecule has 1 fully saturated rings. The van der Waals surface area contributed by atoms with Crippen molar-refractivity contribution in [1.29, 1.82) is 0 Å². The minimum atomic E-state index is -0.294. The molecule has 2 heterocycles. The van der Waals surface area contributed by atoms with Crippen LogP contribution in [0, 0.1) is 11.7 Å². The third-order valence-electron chi connectivity index (χ3n) is 5.65. The first-order valence-corrected chi connectivity index (χ1v) is 11.6. The molecule has 0 aliphatic carbocycles. The lowest BCUT2D eigenvalue weighted by molar-refractivity contribution is -0.136. The Bertz CT molecular complexity index is 1100. The second-order valence-electron chi connectivity index (χ2n) is 8.00. The van der Waals surface area contributed by atoms with Gasteiger partial charge >= 0.3 is 0 Å². The number of carbonyl (C=O) groups excluding carboxylic acids is 1. The van der Waals surface area contributed by atoms with E-state index in [1.165, 1.54) is 6.07 Å². The topological polar surface area (TPSA) is 62.5 Å². The smallest absolute Gasteiger partial charge is 0.246 e. The average Bonchev–Trinajstić information content (AvgIpc) is 3.24. The Morgan fingerprint density at radius 1 is 1.28 bits per heavy atom. The van der Waals surface area contributed by atoms with E-state index in [1.54, 1.807) is 24.1 Å². The third kappa shape index (κ3) is 5.54. The molecule has 0 unspecified atom stereocenters. The molecule has 32 heavy (non-hydrogen) atoms. The van der Waals surface area contributed by atoms with E-state index in [0.717, 1.165) is 36.0 Å². The summed E-state index contributed by atoms with van der Waals surface area (Å²) in [4.78, 5) is 21.1. The van der Waals surface area contributed by atoms with Crippen molar-refractivity contribution in [2.45, 2.75) is 25.9 Å². The Hall–Kier alpha value is -2.29. The summed E-state index contributed by atoms with van der Waals surface area (Å²) < 4.78 is 20.3. The van der Waals surface area contributed by atoms with Crippen LogP contribution in [-0.2, 0) is 17.9 Å². The van der Waals surface area contributed by atoms with Gasteiger partial charge in [-0.2, -0.15) is 4.98 Å². The van der Waals surface area contributed by atoms with Gasteiger partial charge in [0.15, 0.2) is 0 Å². The van der Waals surface area contributed by atoms with Crippen LogP contribution in [0.15, 0.2) is 51.5 Å².